The summed E-state index contributed by atoms with van der Waals surface area (Å²) in [6.45, 7) is 4.39. The number of hydrogen-bond donors (Lipinski definition) is 0. The van der Waals surface area contributed by atoms with E-state index in [0.29, 0.717) is 27.4 Å². The molecule has 0 unspecified atom stereocenters. The molecule has 0 aromatic carbocycles. The molecular formula is C15H17ClN8S. The van der Waals surface area contributed by atoms with Gasteiger partial charge in [-0.25, -0.2) is 0 Å². The van der Waals surface area contributed by atoms with Crippen LogP contribution in [0, 0.1) is 5.92 Å². The van der Waals surface area contributed by atoms with Crippen molar-refractivity contribution in [1.82, 2.24) is 39.4 Å². The summed E-state index contributed by atoms with van der Waals surface area (Å²) in [6.07, 6.45) is 2.56. The van der Waals surface area contributed by atoms with Crippen LogP contribution in [0.3, 0.4) is 0 Å². The highest BCUT2D eigenvalue weighted by Gasteiger charge is 2.21. The Hall–Kier alpha value is -2.26. The first kappa shape index (κ1) is 16.2. The average Bonchev–Trinajstić information content (AvgIpc) is 3.26. The summed E-state index contributed by atoms with van der Waals surface area (Å²) >= 11 is 7.68. The molecule has 0 spiro atoms. The lowest BCUT2D eigenvalue weighted by Gasteiger charge is -2.03. The van der Waals surface area contributed by atoms with Crippen LogP contribution in [0.4, 0.5) is 0 Å². The summed E-state index contributed by atoms with van der Waals surface area (Å²) in [6, 6.07) is 2.09. The van der Waals surface area contributed by atoms with Crippen molar-refractivity contribution >= 4 is 27.9 Å². The molecule has 0 fully saturated rings. The molecule has 0 aliphatic heterocycles. The zero-order valence-electron chi connectivity index (χ0n) is 14.3. The molecule has 0 N–H and O–H groups in total. The standard InChI is InChI=1S/C15H17ClN8S/c1-8(2)5-9-6-11(20-22(9)3)14-21-24-13(18-19-15(24)25-14)12-10(16)7-17-23(12)4/h6-8H,5H2,1-4H3. The highest BCUT2D eigenvalue weighted by atomic mass is 35.5. The molecule has 0 aliphatic carbocycles. The van der Waals surface area contributed by atoms with Gasteiger partial charge in [-0.1, -0.05) is 36.8 Å². The Balaban J connectivity index is 1.78. The fourth-order valence-electron chi connectivity index (χ4n) is 2.75. The smallest absolute Gasteiger partial charge is 0.235 e. The molecule has 0 saturated heterocycles. The van der Waals surface area contributed by atoms with Gasteiger partial charge in [0.15, 0.2) is 5.01 Å². The zero-order valence-corrected chi connectivity index (χ0v) is 15.9. The number of aryl methyl sites for hydroxylation is 2. The maximum atomic E-state index is 6.23. The van der Waals surface area contributed by atoms with E-state index in [1.807, 2.05) is 18.8 Å². The number of rotatable bonds is 4. The molecular weight excluding hydrogens is 360 g/mol. The lowest BCUT2D eigenvalue weighted by molar-refractivity contribution is 0.596. The molecule has 0 radical (unpaired) electrons. The maximum absolute atomic E-state index is 6.23. The van der Waals surface area contributed by atoms with Crippen molar-refractivity contribution in [3.05, 3.63) is 23.0 Å². The van der Waals surface area contributed by atoms with E-state index in [9.17, 15) is 0 Å². The lowest BCUT2D eigenvalue weighted by Crippen LogP contribution is -2.02. The number of fused-ring (bicyclic) bond motifs is 1. The summed E-state index contributed by atoms with van der Waals surface area (Å²) in [5.41, 5.74) is 2.72. The Morgan fingerprint density at radius 3 is 2.64 bits per heavy atom. The molecule has 4 rings (SSSR count). The third-order valence-corrected chi connectivity index (χ3v) is 5.11. The average molecular weight is 377 g/mol. The van der Waals surface area contributed by atoms with Gasteiger partial charge in [-0.2, -0.15) is 19.8 Å². The highest BCUT2D eigenvalue weighted by Crippen LogP contribution is 2.30. The van der Waals surface area contributed by atoms with Crippen LogP contribution in [-0.2, 0) is 20.5 Å². The van der Waals surface area contributed by atoms with E-state index >= 15 is 0 Å². The van der Waals surface area contributed by atoms with Crippen LogP contribution in [0.2, 0.25) is 5.02 Å². The van der Waals surface area contributed by atoms with Crippen LogP contribution in [0.15, 0.2) is 12.3 Å². The highest BCUT2D eigenvalue weighted by molar-refractivity contribution is 7.19. The summed E-state index contributed by atoms with van der Waals surface area (Å²) in [7, 11) is 3.77. The van der Waals surface area contributed by atoms with E-state index in [1.54, 1.807) is 15.4 Å². The van der Waals surface area contributed by atoms with Crippen LogP contribution in [-0.4, -0.2) is 39.4 Å². The van der Waals surface area contributed by atoms with Crippen molar-refractivity contribution in [1.29, 1.82) is 0 Å². The van der Waals surface area contributed by atoms with Gasteiger partial charge in [-0.3, -0.25) is 9.36 Å². The van der Waals surface area contributed by atoms with Crippen LogP contribution in [0.1, 0.15) is 19.5 Å². The first-order valence-electron chi connectivity index (χ1n) is 7.87. The normalized spacial score (nSPS) is 11.9. The SMILES string of the molecule is CC(C)Cc1cc(-c2nn3c(-c4c(Cl)cnn4C)nnc3s2)nn1C. The second-order valence-electron chi connectivity index (χ2n) is 6.33. The first-order chi connectivity index (χ1) is 11.9. The van der Waals surface area contributed by atoms with Gasteiger partial charge in [-0.15, -0.1) is 10.2 Å². The fraction of sp³-hybridized carbons (Fsp3) is 0.400. The second kappa shape index (κ2) is 5.92. The molecule has 4 aromatic rings. The van der Waals surface area contributed by atoms with Crippen molar-refractivity contribution in [3.8, 4) is 22.2 Å². The van der Waals surface area contributed by atoms with Gasteiger partial charge in [0.05, 0.1) is 11.2 Å². The van der Waals surface area contributed by atoms with Crippen LogP contribution in [0.5, 0.6) is 0 Å². The second-order valence-corrected chi connectivity index (χ2v) is 7.70. The molecule has 8 nitrogen and oxygen atoms in total. The lowest BCUT2D eigenvalue weighted by atomic mass is 10.1. The third kappa shape index (κ3) is 2.73. The maximum Gasteiger partial charge on any atom is 0.235 e. The Morgan fingerprint density at radius 2 is 1.96 bits per heavy atom. The molecule has 0 bridgehead atoms. The van der Waals surface area contributed by atoms with Crippen LogP contribution >= 0.6 is 22.9 Å². The Kier molecular flexibility index (Phi) is 3.84. The summed E-state index contributed by atoms with van der Waals surface area (Å²) in [4.78, 5) is 0.693. The van der Waals surface area contributed by atoms with Crippen LogP contribution < -0.4 is 0 Å². The van der Waals surface area contributed by atoms with Gasteiger partial charge >= 0.3 is 0 Å². The molecule has 0 atom stereocenters. The molecule has 10 heteroatoms. The molecule has 25 heavy (non-hydrogen) atoms. The van der Waals surface area contributed by atoms with Gasteiger partial charge in [-0.05, 0) is 18.4 Å². The van der Waals surface area contributed by atoms with Crippen molar-refractivity contribution in [3.63, 3.8) is 0 Å². The van der Waals surface area contributed by atoms with Gasteiger partial charge < -0.3 is 0 Å². The predicted molar refractivity (Wildman–Crippen MR) is 96.6 cm³/mol. The number of aromatic nitrogens is 8. The van der Waals surface area contributed by atoms with E-state index in [0.717, 1.165) is 17.1 Å². The van der Waals surface area contributed by atoms with E-state index < -0.39 is 0 Å². The van der Waals surface area contributed by atoms with Gasteiger partial charge in [0.1, 0.15) is 11.4 Å². The summed E-state index contributed by atoms with van der Waals surface area (Å²) < 4.78 is 5.27. The molecule has 0 saturated carbocycles. The monoisotopic (exact) mass is 376 g/mol. The van der Waals surface area contributed by atoms with E-state index in [2.05, 4.69) is 45.4 Å². The van der Waals surface area contributed by atoms with E-state index in [1.165, 1.54) is 17.0 Å². The Morgan fingerprint density at radius 1 is 1.16 bits per heavy atom. The van der Waals surface area contributed by atoms with E-state index in [-0.39, 0.29) is 0 Å². The molecule has 4 heterocycles. The minimum atomic E-state index is 0.517. The van der Waals surface area contributed by atoms with Crippen LogP contribution in [0.25, 0.3) is 27.2 Å². The molecule has 0 amide bonds. The summed E-state index contributed by atoms with van der Waals surface area (Å²) in [5.74, 6) is 1.14. The molecule has 4 aromatic heterocycles. The van der Waals surface area contributed by atoms with Crippen molar-refractivity contribution in [2.45, 2.75) is 20.3 Å². The quantitative estimate of drug-likeness (QED) is 0.547. The fourth-order valence-corrected chi connectivity index (χ4v) is 3.80. The number of nitrogens with zero attached hydrogens (tertiary/aromatic N) is 8. The zero-order chi connectivity index (χ0) is 17.7. The van der Waals surface area contributed by atoms with Gasteiger partial charge in [0.25, 0.3) is 0 Å². The predicted octanol–water partition coefficient (Wildman–Crippen LogP) is 2.84. The minimum Gasteiger partial charge on any atom is -0.272 e. The largest absolute Gasteiger partial charge is 0.272 e. The van der Waals surface area contributed by atoms with Gasteiger partial charge in [0, 0.05) is 19.8 Å². The topological polar surface area (TPSA) is 78.7 Å². The Labute approximate surface area is 153 Å². The molecule has 0 aliphatic rings. The van der Waals surface area contributed by atoms with Gasteiger partial charge in [0.2, 0.25) is 10.8 Å². The summed E-state index contributed by atoms with van der Waals surface area (Å²) in [5, 5.41) is 23.1. The van der Waals surface area contributed by atoms with Crippen molar-refractivity contribution in [2.75, 3.05) is 0 Å². The number of halogens is 1. The minimum absolute atomic E-state index is 0.517. The molecule has 130 valence electrons. The van der Waals surface area contributed by atoms with Crippen molar-refractivity contribution < 1.29 is 0 Å². The Bertz CT molecular complexity index is 1030. The first-order valence-corrected chi connectivity index (χ1v) is 9.07. The third-order valence-electron chi connectivity index (χ3n) is 3.91. The van der Waals surface area contributed by atoms with Crippen molar-refractivity contribution in [2.24, 2.45) is 20.0 Å². The number of hydrogen-bond acceptors (Lipinski definition) is 6. The van der Waals surface area contributed by atoms with E-state index in [4.69, 9.17) is 11.6 Å².